The molecule has 0 radical (unpaired) electrons. The number of thiocarbonyl (C=S) groups is 1. The van der Waals surface area contributed by atoms with Crippen LogP contribution in [0.25, 0.3) is 0 Å². The van der Waals surface area contributed by atoms with Crippen LogP contribution in [0.2, 0.25) is 0 Å². The number of nitrogens with two attached hydrogens (primary N) is 1. The van der Waals surface area contributed by atoms with Gasteiger partial charge in [0.1, 0.15) is 4.99 Å². The summed E-state index contributed by atoms with van der Waals surface area (Å²) >= 11 is 4.86. The highest BCUT2D eigenvalue weighted by molar-refractivity contribution is 7.89. The Morgan fingerprint density at radius 1 is 1.33 bits per heavy atom. The lowest BCUT2D eigenvalue weighted by Crippen LogP contribution is -2.34. The second kappa shape index (κ2) is 6.83. The van der Waals surface area contributed by atoms with Gasteiger partial charge in [-0.1, -0.05) is 24.4 Å². The molecule has 5 nitrogen and oxygen atoms in total. The predicted molar refractivity (Wildman–Crippen MR) is 85.7 cm³/mol. The first kappa shape index (κ1) is 16.4. The summed E-state index contributed by atoms with van der Waals surface area (Å²) in [6, 6.07) is 6.36. The van der Waals surface area contributed by atoms with Crippen LogP contribution in [-0.4, -0.2) is 44.5 Å². The molecule has 7 heteroatoms. The molecule has 0 amide bonds. The van der Waals surface area contributed by atoms with E-state index in [1.165, 1.54) is 4.31 Å². The highest BCUT2D eigenvalue weighted by Gasteiger charge is 2.24. The van der Waals surface area contributed by atoms with Crippen LogP contribution < -0.4 is 5.73 Å². The first-order chi connectivity index (χ1) is 9.91. The second-order valence-electron chi connectivity index (χ2n) is 5.23. The lowest BCUT2D eigenvalue weighted by molar-refractivity contribution is 0.0620. The van der Waals surface area contributed by atoms with Crippen molar-refractivity contribution < 1.29 is 13.2 Å². The Kier molecular flexibility index (Phi) is 5.32. The molecule has 116 valence electrons. The van der Waals surface area contributed by atoms with E-state index in [4.69, 9.17) is 22.7 Å². The fourth-order valence-electron chi connectivity index (χ4n) is 2.36. The van der Waals surface area contributed by atoms with E-state index in [0.29, 0.717) is 31.2 Å². The molecule has 2 N–H and O–H groups in total. The predicted octanol–water partition coefficient (Wildman–Crippen LogP) is 1.37. The smallest absolute Gasteiger partial charge is 0.242 e. The molecule has 0 aromatic heterocycles. The summed E-state index contributed by atoms with van der Waals surface area (Å²) in [4.78, 5) is 0.520. The molecule has 0 atom stereocenters. The molecule has 0 aliphatic carbocycles. The van der Waals surface area contributed by atoms with Gasteiger partial charge in [-0.05, 0) is 30.9 Å². The SMILES string of the molecule is CN(CC1CCOCC1)S(=O)(=O)c1ccc(C(N)=S)cc1. The molecule has 0 unspecified atom stereocenters. The highest BCUT2D eigenvalue weighted by Crippen LogP contribution is 2.20. The van der Waals surface area contributed by atoms with Crippen LogP contribution in [0.1, 0.15) is 18.4 Å². The Morgan fingerprint density at radius 3 is 2.43 bits per heavy atom. The van der Waals surface area contributed by atoms with Crippen LogP contribution in [0, 0.1) is 5.92 Å². The molecule has 0 saturated carbocycles. The van der Waals surface area contributed by atoms with E-state index in [1.807, 2.05) is 0 Å². The zero-order valence-electron chi connectivity index (χ0n) is 12.0. The van der Waals surface area contributed by atoms with Crippen molar-refractivity contribution in [3.63, 3.8) is 0 Å². The molecule has 21 heavy (non-hydrogen) atoms. The van der Waals surface area contributed by atoms with Gasteiger partial charge in [0.25, 0.3) is 0 Å². The molecule has 0 bridgehead atoms. The Balaban J connectivity index is 2.10. The second-order valence-corrected chi connectivity index (χ2v) is 7.71. The molecule has 1 heterocycles. The van der Waals surface area contributed by atoms with Crippen LogP contribution in [0.3, 0.4) is 0 Å². The van der Waals surface area contributed by atoms with Crippen molar-refractivity contribution in [2.75, 3.05) is 26.8 Å². The van der Waals surface area contributed by atoms with E-state index < -0.39 is 10.0 Å². The summed E-state index contributed by atoms with van der Waals surface area (Å²) in [5, 5.41) is 0. The monoisotopic (exact) mass is 328 g/mol. The highest BCUT2D eigenvalue weighted by atomic mass is 32.2. The fourth-order valence-corrected chi connectivity index (χ4v) is 3.74. The minimum Gasteiger partial charge on any atom is -0.389 e. The van der Waals surface area contributed by atoms with Gasteiger partial charge in [0.2, 0.25) is 10.0 Å². The van der Waals surface area contributed by atoms with Crippen LogP contribution in [0.15, 0.2) is 29.2 Å². The van der Waals surface area contributed by atoms with Crippen LogP contribution in [0.4, 0.5) is 0 Å². The van der Waals surface area contributed by atoms with E-state index in [1.54, 1.807) is 31.3 Å². The van der Waals surface area contributed by atoms with Gasteiger partial charge in [-0.15, -0.1) is 0 Å². The maximum atomic E-state index is 12.5. The molecular weight excluding hydrogens is 308 g/mol. The van der Waals surface area contributed by atoms with Crippen molar-refractivity contribution in [2.45, 2.75) is 17.7 Å². The molecule has 2 rings (SSSR count). The van der Waals surface area contributed by atoms with Gasteiger partial charge in [0.05, 0.1) is 4.90 Å². The largest absolute Gasteiger partial charge is 0.389 e. The first-order valence-corrected chi connectivity index (χ1v) is 8.70. The van der Waals surface area contributed by atoms with Crippen molar-refractivity contribution in [3.05, 3.63) is 29.8 Å². The van der Waals surface area contributed by atoms with Crippen molar-refractivity contribution in [1.29, 1.82) is 0 Å². The zero-order valence-corrected chi connectivity index (χ0v) is 13.6. The molecule has 1 saturated heterocycles. The van der Waals surface area contributed by atoms with Crippen LogP contribution >= 0.6 is 12.2 Å². The molecule has 0 spiro atoms. The van der Waals surface area contributed by atoms with E-state index in [9.17, 15) is 8.42 Å². The number of rotatable bonds is 5. The standard InChI is InChI=1S/C14H20N2O3S2/c1-16(10-11-6-8-19-9-7-11)21(17,18)13-4-2-12(3-5-13)14(15)20/h2-5,11H,6-10H2,1H3,(H2,15,20). The lowest BCUT2D eigenvalue weighted by Gasteiger charge is -2.26. The number of sulfonamides is 1. The number of ether oxygens (including phenoxy) is 1. The molecule has 1 aliphatic heterocycles. The van der Waals surface area contributed by atoms with Crippen molar-refractivity contribution in [3.8, 4) is 0 Å². The summed E-state index contributed by atoms with van der Waals surface area (Å²) in [5.74, 6) is 0.356. The van der Waals surface area contributed by atoms with Gasteiger partial charge in [0, 0.05) is 32.4 Å². The van der Waals surface area contributed by atoms with Crippen molar-refractivity contribution in [2.24, 2.45) is 11.7 Å². The first-order valence-electron chi connectivity index (χ1n) is 6.85. The Labute approximate surface area is 131 Å². The third-order valence-electron chi connectivity index (χ3n) is 3.70. The van der Waals surface area contributed by atoms with Crippen LogP contribution in [0.5, 0.6) is 0 Å². The topological polar surface area (TPSA) is 72.6 Å². The van der Waals surface area contributed by atoms with Crippen LogP contribution in [-0.2, 0) is 14.8 Å². The number of hydrogen-bond donors (Lipinski definition) is 1. The summed E-state index contributed by atoms with van der Waals surface area (Å²) in [5.41, 5.74) is 6.18. The summed E-state index contributed by atoms with van der Waals surface area (Å²) < 4.78 is 31.7. The van der Waals surface area contributed by atoms with Crippen molar-refractivity contribution >= 4 is 27.2 Å². The third kappa shape index (κ3) is 4.00. The Morgan fingerprint density at radius 2 is 1.90 bits per heavy atom. The lowest BCUT2D eigenvalue weighted by atomic mass is 10.0. The van der Waals surface area contributed by atoms with Crippen molar-refractivity contribution in [1.82, 2.24) is 4.31 Å². The van der Waals surface area contributed by atoms with E-state index in [2.05, 4.69) is 0 Å². The summed E-state index contributed by atoms with van der Waals surface area (Å²) in [6.45, 7) is 1.94. The van der Waals surface area contributed by atoms with Gasteiger partial charge in [-0.25, -0.2) is 12.7 Å². The molecular formula is C14H20N2O3S2. The molecule has 1 fully saturated rings. The average molecular weight is 328 g/mol. The van der Waals surface area contributed by atoms with Gasteiger partial charge in [-0.2, -0.15) is 0 Å². The normalized spacial score (nSPS) is 17.0. The third-order valence-corrected chi connectivity index (χ3v) is 5.78. The molecule has 1 aromatic rings. The Hall–Kier alpha value is -1.02. The van der Waals surface area contributed by atoms with Gasteiger partial charge < -0.3 is 10.5 Å². The van der Waals surface area contributed by atoms with E-state index >= 15 is 0 Å². The average Bonchev–Trinajstić information content (AvgIpc) is 2.48. The Bertz CT molecular complexity index is 593. The minimum atomic E-state index is -3.47. The number of hydrogen-bond acceptors (Lipinski definition) is 4. The quantitative estimate of drug-likeness (QED) is 0.827. The maximum Gasteiger partial charge on any atom is 0.242 e. The van der Waals surface area contributed by atoms with Gasteiger partial charge in [0.15, 0.2) is 0 Å². The molecule has 1 aromatic carbocycles. The number of benzene rings is 1. The van der Waals surface area contributed by atoms with E-state index in [0.717, 1.165) is 12.8 Å². The fraction of sp³-hybridized carbons (Fsp3) is 0.500. The van der Waals surface area contributed by atoms with E-state index in [-0.39, 0.29) is 9.88 Å². The minimum absolute atomic E-state index is 0.259. The maximum absolute atomic E-state index is 12.5. The summed E-state index contributed by atoms with van der Waals surface area (Å²) in [6.07, 6.45) is 1.81. The molecule has 1 aliphatic rings. The zero-order chi connectivity index (χ0) is 15.5. The number of nitrogens with zero attached hydrogens (tertiary/aromatic N) is 1. The van der Waals surface area contributed by atoms with Gasteiger partial charge >= 0.3 is 0 Å². The summed E-state index contributed by atoms with van der Waals surface area (Å²) in [7, 11) is -1.86. The van der Waals surface area contributed by atoms with Gasteiger partial charge in [-0.3, -0.25) is 0 Å².